The smallest absolute Gasteiger partial charge is 0.274 e. The minimum atomic E-state index is -3.80. The lowest BCUT2D eigenvalue weighted by Crippen LogP contribution is -2.22. The Kier molecular flexibility index (Phi) is 5.10. The van der Waals surface area contributed by atoms with E-state index in [1.165, 1.54) is 29.2 Å². The number of hydrogen-bond donors (Lipinski definition) is 0. The minimum absolute atomic E-state index is 0.0156. The molecule has 158 valence electrons. The molecule has 0 atom stereocenters. The Hall–Kier alpha value is -3.53. The SMILES string of the molecule is C=N/C=C(Cl)\C=C(/C)c1ccc2nnc(C(F)(F)c3ccc4nn(C)cc4c3F)n2n1. The van der Waals surface area contributed by atoms with Crippen LogP contribution in [0.2, 0.25) is 0 Å². The van der Waals surface area contributed by atoms with Crippen LogP contribution in [0.3, 0.4) is 0 Å². The molecule has 0 unspecified atom stereocenters. The van der Waals surface area contributed by atoms with Crippen LogP contribution in [0.1, 0.15) is 24.0 Å². The third-order valence-electron chi connectivity index (χ3n) is 4.59. The third kappa shape index (κ3) is 3.59. The first kappa shape index (κ1) is 20.7. The highest BCUT2D eigenvalue weighted by Crippen LogP contribution is 2.38. The molecule has 0 aliphatic heterocycles. The molecule has 4 rings (SSSR count). The average molecular weight is 446 g/mol. The molecule has 0 amide bonds. The Morgan fingerprint density at radius 1 is 1.19 bits per heavy atom. The van der Waals surface area contributed by atoms with Gasteiger partial charge in [0.1, 0.15) is 5.82 Å². The number of alkyl halides is 2. The van der Waals surface area contributed by atoms with E-state index < -0.39 is 23.1 Å². The number of rotatable bonds is 5. The first-order valence-electron chi connectivity index (χ1n) is 8.95. The summed E-state index contributed by atoms with van der Waals surface area (Å²) >= 11 is 6.00. The van der Waals surface area contributed by atoms with Crippen LogP contribution in [0.25, 0.3) is 22.1 Å². The van der Waals surface area contributed by atoms with Gasteiger partial charge in [-0.1, -0.05) is 11.6 Å². The van der Waals surface area contributed by atoms with E-state index in [9.17, 15) is 4.39 Å². The van der Waals surface area contributed by atoms with Gasteiger partial charge in [0, 0.05) is 19.4 Å². The highest BCUT2D eigenvalue weighted by molar-refractivity contribution is 6.31. The van der Waals surface area contributed by atoms with Gasteiger partial charge in [0.25, 0.3) is 0 Å². The van der Waals surface area contributed by atoms with Gasteiger partial charge in [-0.05, 0) is 49.6 Å². The zero-order chi connectivity index (χ0) is 22.3. The molecule has 0 aliphatic carbocycles. The number of aliphatic imine (C=N–C) groups is 1. The molecule has 0 spiro atoms. The molecule has 0 saturated heterocycles. The maximum absolute atomic E-state index is 15.4. The van der Waals surface area contributed by atoms with Crippen LogP contribution in [0.5, 0.6) is 0 Å². The van der Waals surface area contributed by atoms with Crippen molar-refractivity contribution >= 4 is 40.4 Å². The summed E-state index contributed by atoms with van der Waals surface area (Å²) in [6.07, 6.45) is 4.23. The summed E-state index contributed by atoms with van der Waals surface area (Å²) in [5, 5.41) is 15.9. The van der Waals surface area contributed by atoms with Gasteiger partial charge in [-0.3, -0.25) is 9.67 Å². The first-order chi connectivity index (χ1) is 14.7. The van der Waals surface area contributed by atoms with Gasteiger partial charge in [-0.2, -0.15) is 23.5 Å². The molecule has 1 aromatic carbocycles. The quantitative estimate of drug-likeness (QED) is 0.335. The van der Waals surface area contributed by atoms with Crippen molar-refractivity contribution in [2.75, 3.05) is 0 Å². The Bertz CT molecular complexity index is 1380. The van der Waals surface area contributed by atoms with E-state index in [0.29, 0.717) is 11.3 Å². The normalized spacial score (nSPS) is 13.4. The molecule has 11 heteroatoms. The predicted molar refractivity (Wildman–Crippen MR) is 112 cm³/mol. The van der Waals surface area contributed by atoms with Crippen molar-refractivity contribution in [3.63, 3.8) is 0 Å². The molecule has 0 N–H and O–H groups in total. The average Bonchev–Trinajstić information content (AvgIpc) is 3.31. The number of hydrogen-bond acceptors (Lipinski definition) is 5. The lowest BCUT2D eigenvalue weighted by Gasteiger charge is -2.15. The zero-order valence-electron chi connectivity index (χ0n) is 16.4. The molecule has 0 radical (unpaired) electrons. The Labute approximate surface area is 179 Å². The second-order valence-electron chi connectivity index (χ2n) is 6.77. The van der Waals surface area contributed by atoms with Gasteiger partial charge in [-0.15, -0.1) is 10.2 Å². The molecule has 4 aromatic rings. The number of allylic oxidation sites excluding steroid dienone is 3. The van der Waals surface area contributed by atoms with Crippen LogP contribution in [0.4, 0.5) is 13.2 Å². The van der Waals surface area contributed by atoms with Crippen LogP contribution < -0.4 is 0 Å². The van der Waals surface area contributed by atoms with Crippen molar-refractivity contribution in [1.82, 2.24) is 29.6 Å². The fourth-order valence-electron chi connectivity index (χ4n) is 3.14. The van der Waals surface area contributed by atoms with Gasteiger partial charge in [0.05, 0.1) is 27.2 Å². The van der Waals surface area contributed by atoms with Gasteiger partial charge in [-0.25, -0.2) is 4.39 Å². The molecular formula is C20H15ClF3N7. The van der Waals surface area contributed by atoms with Crippen LogP contribution in [-0.4, -0.2) is 36.3 Å². The zero-order valence-corrected chi connectivity index (χ0v) is 17.1. The fraction of sp³-hybridized carbons (Fsp3) is 0.150. The molecule has 31 heavy (non-hydrogen) atoms. The minimum Gasteiger partial charge on any atom is -0.274 e. The topological polar surface area (TPSA) is 73.3 Å². The van der Waals surface area contributed by atoms with E-state index >= 15 is 8.78 Å². The Balaban J connectivity index is 1.85. The largest absolute Gasteiger partial charge is 0.336 e. The van der Waals surface area contributed by atoms with E-state index in [-0.39, 0.29) is 21.6 Å². The first-order valence-corrected chi connectivity index (χ1v) is 9.33. The van der Waals surface area contributed by atoms with Crippen LogP contribution in [-0.2, 0) is 13.0 Å². The van der Waals surface area contributed by atoms with Crippen molar-refractivity contribution in [2.24, 2.45) is 12.0 Å². The summed E-state index contributed by atoms with van der Waals surface area (Å²) in [4.78, 5) is 3.56. The summed E-state index contributed by atoms with van der Waals surface area (Å²) in [7, 11) is 1.58. The third-order valence-corrected chi connectivity index (χ3v) is 4.80. The van der Waals surface area contributed by atoms with Crippen molar-refractivity contribution in [1.29, 1.82) is 0 Å². The van der Waals surface area contributed by atoms with E-state index in [4.69, 9.17) is 11.6 Å². The van der Waals surface area contributed by atoms with Gasteiger partial charge < -0.3 is 0 Å². The van der Waals surface area contributed by atoms with Crippen LogP contribution >= 0.6 is 11.6 Å². The maximum atomic E-state index is 15.4. The van der Waals surface area contributed by atoms with E-state index in [1.807, 2.05) is 0 Å². The van der Waals surface area contributed by atoms with Gasteiger partial charge in [0.2, 0.25) is 5.82 Å². The Morgan fingerprint density at radius 2 is 1.97 bits per heavy atom. The van der Waals surface area contributed by atoms with Crippen molar-refractivity contribution in [3.05, 3.63) is 70.7 Å². The van der Waals surface area contributed by atoms with Gasteiger partial charge in [0.15, 0.2) is 5.65 Å². The standard InChI is InChI=1S/C20H15ClF3N7/c1-11(8-12(21)9-25-2)15-6-7-17-26-27-19(31(17)29-15)20(23,24)14-4-5-16-13(18(14)22)10-30(3)28-16/h4-10H,2H2,1,3H3/b11-8+,12-9+. The molecular weight excluding hydrogens is 431 g/mol. The van der Waals surface area contributed by atoms with E-state index in [2.05, 4.69) is 32.1 Å². The number of aryl methyl sites for hydroxylation is 1. The van der Waals surface area contributed by atoms with Crippen LogP contribution in [0.15, 0.2) is 52.8 Å². The second-order valence-corrected chi connectivity index (χ2v) is 7.21. The number of fused-ring (bicyclic) bond motifs is 2. The van der Waals surface area contributed by atoms with Gasteiger partial charge >= 0.3 is 5.92 Å². The predicted octanol–water partition coefficient (Wildman–Crippen LogP) is 4.47. The fourth-order valence-corrected chi connectivity index (χ4v) is 3.37. The number of aromatic nitrogens is 6. The summed E-state index contributed by atoms with van der Waals surface area (Å²) in [5.74, 6) is -5.69. The summed E-state index contributed by atoms with van der Waals surface area (Å²) in [5.41, 5.74) is 0.444. The summed E-state index contributed by atoms with van der Waals surface area (Å²) in [6, 6.07) is 5.40. The summed E-state index contributed by atoms with van der Waals surface area (Å²) < 4.78 is 48.0. The number of nitrogens with zero attached hydrogens (tertiary/aromatic N) is 7. The monoisotopic (exact) mass is 445 g/mol. The molecule has 0 fully saturated rings. The molecule has 7 nitrogen and oxygen atoms in total. The van der Waals surface area contributed by atoms with Crippen molar-refractivity contribution in [3.8, 4) is 0 Å². The van der Waals surface area contributed by atoms with Crippen molar-refractivity contribution in [2.45, 2.75) is 12.8 Å². The number of benzene rings is 1. The highest BCUT2D eigenvalue weighted by Gasteiger charge is 2.43. The second kappa shape index (κ2) is 7.62. The van der Waals surface area contributed by atoms with E-state index in [0.717, 1.165) is 10.6 Å². The molecule has 0 aliphatic rings. The lowest BCUT2D eigenvalue weighted by atomic mass is 10.0. The molecule has 3 heterocycles. The lowest BCUT2D eigenvalue weighted by molar-refractivity contribution is 0.0271. The summed E-state index contributed by atoms with van der Waals surface area (Å²) in [6.45, 7) is 5.01. The van der Waals surface area contributed by atoms with Crippen LogP contribution in [0, 0.1) is 5.82 Å². The highest BCUT2D eigenvalue weighted by atomic mass is 35.5. The Morgan fingerprint density at radius 3 is 2.71 bits per heavy atom. The molecule has 0 bridgehead atoms. The maximum Gasteiger partial charge on any atom is 0.336 e. The van der Waals surface area contributed by atoms with Crippen molar-refractivity contribution < 1.29 is 13.2 Å². The number of halogens is 4. The molecule has 0 saturated carbocycles. The molecule has 3 aromatic heterocycles. The van der Waals surface area contributed by atoms with E-state index in [1.54, 1.807) is 26.1 Å².